The summed E-state index contributed by atoms with van der Waals surface area (Å²) in [5, 5.41) is 3.32. The lowest BCUT2D eigenvalue weighted by Crippen LogP contribution is -2.28. The second-order valence-corrected chi connectivity index (χ2v) is 6.70. The quantitative estimate of drug-likeness (QED) is 0.726. The van der Waals surface area contributed by atoms with E-state index in [1.165, 1.54) is 0 Å². The summed E-state index contributed by atoms with van der Waals surface area (Å²) in [5.41, 5.74) is 0. The van der Waals surface area contributed by atoms with Crippen LogP contribution in [0.1, 0.15) is 19.8 Å². The van der Waals surface area contributed by atoms with Crippen molar-refractivity contribution in [3.63, 3.8) is 0 Å². The van der Waals surface area contributed by atoms with Gasteiger partial charge in [0.15, 0.2) is 0 Å². The summed E-state index contributed by atoms with van der Waals surface area (Å²) in [7, 11) is 1.64. The molecule has 0 radical (unpaired) electrons. The summed E-state index contributed by atoms with van der Waals surface area (Å²) in [5.74, 6) is 1.57. The van der Waals surface area contributed by atoms with Gasteiger partial charge >= 0.3 is 0 Å². The lowest BCUT2D eigenvalue weighted by atomic mass is 10.2. The molecule has 1 N–H and O–H groups in total. The van der Waals surface area contributed by atoms with Crippen molar-refractivity contribution in [3.8, 4) is 11.5 Å². The lowest BCUT2D eigenvalue weighted by Gasteiger charge is -2.16. The molecule has 2 unspecified atom stereocenters. The number of nitrogens with one attached hydrogen (secondary N) is 1. The molecule has 6 heteroatoms. The van der Waals surface area contributed by atoms with Gasteiger partial charge in [0.05, 0.1) is 28.3 Å². The van der Waals surface area contributed by atoms with Crippen molar-refractivity contribution in [2.45, 2.75) is 32.0 Å². The van der Waals surface area contributed by atoms with Gasteiger partial charge in [0.2, 0.25) is 0 Å². The average Bonchev–Trinajstić information content (AvgIpc) is 2.93. The fraction of sp³-hybridized carbons (Fsp3) is 0.600. The van der Waals surface area contributed by atoms with Gasteiger partial charge in [-0.25, -0.2) is 0 Å². The number of ether oxygens (including phenoxy) is 3. The monoisotopic (exact) mass is 421 g/mol. The maximum Gasteiger partial charge on any atom is 0.135 e. The standard InChI is InChI=1S/C15H21Br2NO3/c1-3-18-8-10-4-5-11(21-10)9-20-15-7-12(16)14(19-2)6-13(15)17/h6-7,10-11,18H,3-5,8-9H2,1-2H3. The largest absolute Gasteiger partial charge is 0.496 e. The van der Waals surface area contributed by atoms with E-state index in [0.29, 0.717) is 12.7 Å². The normalized spacial score (nSPS) is 21.5. The Kier molecular flexibility index (Phi) is 6.79. The van der Waals surface area contributed by atoms with E-state index < -0.39 is 0 Å². The van der Waals surface area contributed by atoms with Crippen LogP contribution in [0.4, 0.5) is 0 Å². The molecule has 2 rings (SSSR count). The van der Waals surface area contributed by atoms with Crippen LogP contribution < -0.4 is 14.8 Å². The van der Waals surface area contributed by atoms with Crippen LogP contribution in [0.5, 0.6) is 11.5 Å². The van der Waals surface area contributed by atoms with Crippen molar-refractivity contribution in [1.82, 2.24) is 5.32 Å². The molecular weight excluding hydrogens is 402 g/mol. The first kappa shape index (κ1) is 17.1. The number of rotatable bonds is 7. The van der Waals surface area contributed by atoms with Crippen molar-refractivity contribution in [3.05, 3.63) is 21.1 Å². The van der Waals surface area contributed by atoms with Crippen LogP contribution in [0.2, 0.25) is 0 Å². The first-order valence-corrected chi connectivity index (χ1v) is 8.74. The van der Waals surface area contributed by atoms with Crippen LogP contribution in [0, 0.1) is 0 Å². The third-order valence-electron chi connectivity index (χ3n) is 3.45. The maximum absolute atomic E-state index is 5.96. The Bertz CT molecular complexity index is 470. The molecular formula is C15H21Br2NO3. The van der Waals surface area contributed by atoms with E-state index in [-0.39, 0.29) is 6.10 Å². The predicted molar refractivity (Wildman–Crippen MR) is 90.3 cm³/mol. The number of hydrogen-bond donors (Lipinski definition) is 1. The van der Waals surface area contributed by atoms with Gasteiger partial charge in [-0.15, -0.1) is 0 Å². The van der Waals surface area contributed by atoms with E-state index >= 15 is 0 Å². The Morgan fingerprint density at radius 2 is 1.86 bits per heavy atom. The third-order valence-corrected chi connectivity index (χ3v) is 4.69. The predicted octanol–water partition coefficient (Wildman–Crippen LogP) is 3.76. The van der Waals surface area contributed by atoms with Gasteiger partial charge < -0.3 is 19.5 Å². The zero-order valence-electron chi connectivity index (χ0n) is 12.3. The van der Waals surface area contributed by atoms with Crippen molar-refractivity contribution in [1.29, 1.82) is 0 Å². The minimum absolute atomic E-state index is 0.168. The number of benzene rings is 1. The summed E-state index contributed by atoms with van der Waals surface area (Å²) in [6.45, 7) is 4.58. The summed E-state index contributed by atoms with van der Waals surface area (Å²) >= 11 is 6.97. The Hall–Kier alpha value is -0.300. The molecule has 1 aromatic rings. The molecule has 1 aliphatic heterocycles. The summed E-state index contributed by atoms with van der Waals surface area (Å²) in [4.78, 5) is 0. The highest BCUT2D eigenvalue weighted by molar-refractivity contribution is 9.11. The first-order valence-electron chi connectivity index (χ1n) is 7.16. The topological polar surface area (TPSA) is 39.7 Å². The molecule has 1 aliphatic rings. The van der Waals surface area contributed by atoms with E-state index in [1.54, 1.807) is 7.11 Å². The third kappa shape index (κ3) is 4.84. The highest BCUT2D eigenvalue weighted by Gasteiger charge is 2.25. The minimum Gasteiger partial charge on any atom is -0.496 e. The van der Waals surface area contributed by atoms with Crippen molar-refractivity contribution >= 4 is 31.9 Å². The zero-order valence-corrected chi connectivity index (χ0v) is 15.5. The SMILES string of the molecule is CCNCC1CCC(COc2cc(Br)c(OC)cc2Br)O1. The molecule has 0 aromatic heterocycles. The van der Waals surface area contributed by atoms with Crippen LogP contribution in [-0.2, 0) is 4.74 Å². The van der Waals surface area contributed by atoms with Gasteiger partial charge in [0.1, 0.15) is 18.1 Å². The molecule has 1 fully saturated rings. The summed E-state index contributed by atoms with van der Waals surface area (Å²) in [6, 6.07) is 3.80. The molecule has 1 saturated heterocycles. The second-order valence-electron chi connectivity index (χ2n) is 4.99. The molecule has 0 bridgehead atoms. The molecule has 0 saturated carbocycles. The Morgan fingerprint density at radius 1 is 1.19 bits per heavy atom. The molecule has 0 amide bonds. The zero-order chi connectivity index (χ0) is 15.2. The number of halogens is 2. The van der Waals surface area contributed by atoms with E-state index in [4.69, 9.17) is 14.2 Å². The van der Waals surface area contributed by atoms with Crippen molar-refractivity contribution in [2.24, 2.45) is 0 Å². The van der Waals surface area contributed by atoms with Gasteiger partial charge in [0, 0.05) is 6.54 Å². The van der Waals surface area contributed by atoms with E-state index in [1.807, 2.05) is 12.1 Å². The summed E-state index contributed by atoms with van der Waals surface area (Å²) in [6.07, 6.45) is 2.62. The van der Waals surface area contributed by atoms with Crippen molar-refractivity contribution in [2.75, 3.05) is 26.8 Å². The molecule has 0 aliphatic carbocycles. The number of likely N-dealkylation sites (N-methyl/N-ethyl adjacent to an activating group) is 1. The molecule has 1 aromatic carbocycles. The molecule has 0 spiro atoms. The van der Waals surface area contributed by atoms with Crippen LogP contribution in [0.3, 0.4) is 0 Å². The summed E-state index contributed by atoms with van der Waals surface area (Å²) < 4.78 is 18.8. The van der Waals surface area contributed by atoms with E-state index in [0.717, 1.165) is 46.4 Å². The lowest BCUT2D eigenvalue weighted by molar-refractivity contribution is 0.0186. The van der Waals surface area contributed by atoms with E-state index in [9.17, 15) is 0 Å². The van der Waals surface area contributed by atoms with Gasteiger partial charge in [-0.05, 0) is 63.4 Å². The average molecular weight is 423 g/mol. The molecule has 4 nitrogen and oxygen atoms in total. The Balaban J connectivity index is 1.85. The number of methoxy groups -OCH3 is 1. The van der Waals surface area contributed by atoms with E-state index in [2.05, 4.69) is 44.1 Å². The maximum atomic E-state index is 5.96. The van der Waals surface area contributed by atoms with Crippen LogP contribution in [0.15, 0.2) is 21.1 Å². The molecule has 1 heterocycles. The molecule has 118 valence electrons. The van der Waals surface area contributed by atoms with Crippen LogP contribution in [0.25, 0.3) is 0 Å². The van der Waals surface area contributed by atoms with Gasteiger partial charge in [-0.2, -0.15) is 0 Å². The highest BCUT2D eigenvalue weighted by Crippen LogP contribution is 2.36. The fourth-order valence-corrected chi connectivity index (χ4v) is 3.24. The number of hydrogen-bond acceptors (Lipinski definition) is 4. The molecule has 21 heavy (non-hydrogen) atoms. The Morgan fingerprint density at radius 3 is 2.57 bits per heavy atom. The van der Waals surface area contributed by atoms with Crippen LogP contribution in [-0.4, -0.2) is 39.0 Å². The van der Waals surface area contributed by atoms with Gasteiger partial charge in [-0.3, -0.25) is 0 Å². The van der Waals surface area contributed by atoms with Gasteiger partial charge in [0.25, 0.3) is 0 Å². The molecule has 2 atom stereocenters. The van der Waals surface area contributed by atoms with Gasteiger partial charge in [-0.1, -0.05) is 6.92 Å². The fourth-order valence-electron chi connectivity index (χ4n) is 2.32. The van der Waals surface area contributed by atoms with Crippen molar-refractivity contribution < 1.29 is 14.2 Å². The highest BCUT2D eigenvalue weighted by atomic mass is 79.9. The minimum atomic E-state index is 0.168. The smallest absolute Gasteiger partial charge is 0.135 e. The second kappa shape index (κ2) is 8.36. The first-order chi connectivity index (χ1) is 10.1. The van der Waals surface area contributed by atoms with Crippen LogP contribution >= 0.6 is 31.9 Å². The Labute approximate surface area is 142 Å².